The number of thiazole rings is 1. The zero-order valence-corrected chi connectivity index (χ0v) is 7.66. The van der Waals surface area contributed by atoms with Crippen LogP contribution in [0.15, 0.2) is 4.79 Å². The molecular weight excluding hydrogens is 198 g/mol. The molecule has 0 atom stereocenters. The normalized spacial score (nSPS) is 10.8. The van der Waals surface area contributed by atoms with Crippen molar-refractivity contribution in [3.8, 4) is 0 Å². The lowest BCUT2D eigenvalue weighted by Gasteiger charge is -1.88. The molecule has 0 aliphatic rings. The van der Waals surface area contributed by atoms with E-state index in [-0.39, 0.29) is 5.56 Å². The van der Waals surface area contributed by atoms with E-state index in [1.807, 2.05) is 0 Å². The molecular formula is C6H4ClN3OS. The first-order valence-electron chi connectivity index (χ1n) is 3.20. The van der Waals surface area contributed by atoms with E-state index in [0.717, 1.165) is 0 Å². The molecule has 2 aromatic heterocycles. The van der Waals surface area contributed by atoms with Crippen molar-refractivity contribution >= 4 is 33.3 Å². The largest absolute Gasteiger partial charge is 0.309 e. The minimum absolute atomic E-state index is 0.236. The molecule has 1 N–H and O–H groups in total. The fourth-order valence-corrected chi connectivity index (χ4v) is 1.93. The fourth-order valence-electron chi connectivity index (χ4n) is 0.914. The molecule has 6 heteroatoms. The first-order chi connectivity index (χ1) is 5.66. The average Bonchev–Trinajstić information content (AvgIpc) is 2.29. The molecule has 0 aliphatic heterocycles. The summed E-state index contributed by atoms with van der Waals surface area (Å²) in [5.41, 5.74) is 0.0799. The number of nitrogens with zero attached hydrogens (tertiary/aromatic N) is 2. The predicted molar refractivity (Wildman–Crippen MR) is 47.8 cm³/mol. The van der Waals surface area contributed by atoms with Gasteiger partial charge in [-0.05, 0) is 6.92 Å². The third-order valence-corrected chi connectivity index (χ3v) is 2.42. The van der Waals surface area contributed by atoms with Crippen molar-refractivity contribution < 1.29 is 0 Å². The van der Waals surface area contributed by atoms with Crippen LogP contribution in [0, 0.1) is 6.92 Å². The maximum absolute atomic E-state index is 11.2. The summed E-state index contributed by atoms with van der Waals surface area (Å²) in [7, 11) is 0. The Hall–Kier alpha value is -0.940. The Morgan fingerprint density at radius 3 is 3.00 bits per heavy atom. The highest BCUT2D eigenvalue weighted by atomic mass is 35.5. The molecule has 0 radical (unpaired) electrons. The van der Waals surface area contributed by atoms with E-state index in [2.05, 4.69) is 15.0 Å². The van der Waals surface area contributed by atoms with Gasteiger partial charge < -0.3 is 4.98 Å². The second-order valence-corrected chi connectivity index (χ2v) is 3.83. The van der Waals surface area contributed by atoms with Crippen molar-refractivity contribution in [1.29, 1.82) is 0 Å². The van der Waals surface area contributed by atoms with E-state index in [1.54, 1.807) is 6.92 Å². The number of nitrogens with one attached hydrogen (secondary N) is 1. The minimum atomic E-state index is -0.236. The van der Waals surface area contributed by atoms with Crippen LogP contribution in [0.5, 0.6) is 0 Å². The molecule has 12 heavy (non-hydrogen) atoms. The molecule has 62 valence electrons. The number of aromatic amines is 1. The molecule has 0 saturated carbocycles. The zero-order chi connectivity index (χ0) is 8.72. The van der Waals surface area contributed by atoms with Crippen LogP contribution in [0.3, 0.4) is 0 Å². The number of hydrogen-bond donors (Lipinski definition) is 1. The smallest absolute Gasteiger partial charge is 0.278 e. The quantitative estimate of drug-likeness (QED) is 0.700. The van der Waals surface area contributed by atoms with Crippen LogP contribution in [0.1, 0.15) is 5.82 Å². The Morgan fingerprint density at radius 2 is 2.25 bits per heavy atom. The van der Waals surface area contributed by atoms with Gasteiger partial charge >= 0.3 is 0 Å². The zero-order valence-electron chi connectivity index (χ0n) is 6.09. The summed E-state index contributed by atoms with van der Waals surface area (Å²) in [6.45, 7) is 1.72. The maximum atomic E-state index is 11.2. The molecule has 2 heterocycles. The van der Waals surface area contributed by atoms with E-state index in [0.29, 0.717) is 20.6 Å². The Labute approximate surface area is 76.2 Å². The monoisotopic (exact) mass is 201 g/mol. The Kier molecular flexibility index (Phi) is 1.62. The van der Waals surface area contributed by atoms with E-state index in [9.17, 15) is 4.79 Å². The molecule has 0 fully saturated rings. The third-order valence-electron chi connectivity index (χ3n) is 1.36. The Balaban J connectivity index is 2.98. The van der Waals surface area contributed by atoms with Gasteiger partial charge in [0, 0.05) is 0 Å². The maximum Gasteiger partial charge on any atom is 0.278 e. The third kappa shape index (κ3) is 1.11. The predicted octanol–water partition coefficient (Wildman–Crippen LogP) is 1.34. The van der Waals surface area contributed by atoms with Gasteiger partial charge in [0.25, 0.3) is 5.56 Å². The van der Waals surface area contributed by atoms with Gasteiger partial charge in [-0.1, -0.05) is 22.9 Å². The van der Waals surface area contributed by atoms with Gasteiger partial charge in [-0.2, -0.15) is 0 Å². The molecule has 0 spiro atoms. The van der Waals surface area contributed by atoms with Gasteiger partial charge in [0.05, 0.1) is 0 Å². The van der Waals surface area contributed by atoms with Crippen LogP contribution in [0.25, 0.3) is 10.3 Å². The Bertz CT molecular complexity index is 489. The summed E-state index contributed by atoms with van der Waals surface area (Å²) < 4.78 is 0.341. The summed E-state index contributed by atoms with van der Waals surface area (Å²) in [4.78, 5) is 22.2. The van der Waals surface area contributed by atoms with Gasteiger partial charge in [0.15, 0.2) is 14.8 Å². The van der Waals surface area contributed by atoms with Crippen LogP contribution < -0.4 is 5.56 Å². The van der Waals surface area contributed by atoms with Crippen LogP contribution in [-0.2, 0) is 0 Å². The number of H-pyrrole nitrogens is 1. The van der Waals surface area contributed by atoms with Crippen LogP contribution in [-0.4, -0.2) is 15.0 Å². The van der Waals surface area contributed by atoms with Crippen molar-refractivity contribution in [2.45, 2.75) is 6.92 Å². The number of hydrogen-bond acceptors (Lipinski definition) is 4. The van der Waals surface area contributed by atoms with E-state index in [1.165, 1.54) is 11.3 Å². The van der Waals surface area contributed by atoms with E-state index in [4.69, 9.17) is 11.6 Å². The van der Waals surface area contributed by atoms with Crippen LogP contribution in [0.4, 0.5) is 0 Å². The molecule has 0 aliphatic carbocycles. The van der Waals surface area contributed by atoms with Crippen molar-refractivity contribution in [2.75, 3.05) is 0 Å². The summed E-state index contributed by atoms with van der Waals surface area (Å²) in [5.74, 6) is 0.577. The number of rotatable bonds is 0. The summed E-state index contributed by atoms with van der Waals surface area (Å²) in [6.07, 6.45) is 0. The van der Waals surface area contributed by atoms with Gasteiger partial charge in [-0.15, -0.1) is 0 Å². The van der Waals surface area contributed by atoms with Crippen LogP contribution in [0.2, 0.25) is 4.47 Å². The summed E-state index contributed by atoms with van der Waals surface area (Å²) >= 11 is 6.83. The standard InChI is InChI=1S/C6H4ClN3OS/c1-2-8-4(11)3-5(9-2)12-6(7)10-3/h1H3,(H,8,9,11). The second kappa shape index (κ2) is 2.53. The lowest BCUT2D eigenvalue weighted by molar-refractivity contribution is 1.06. The van der Waals surface area contributed by atoms with Gasteiger partial charge in [-0.3, -0.25) is 4.79 Å². The van der Waals surface area contributed by atoms with Crippen molar-refractivity contribution in [1.82, 2.24) is 15.0 Å². The first-order valence-corrected chi connectivity index (χ1v) is 4.39. The van der Waals surface area contributed by atoms with Crippen molar-refractivity contribution in [3.05, 3.63) is 20.6 Å². The van der Waals surface area contributed by atoms with Crippen molar-refractivity contribution in [3.63, 3.8) is 0 Å². The Morgan fingerprint density at radius 1 is 1.50 bits per heavy atom. The van der Waals surface area contributed by atoms with Crippen LogP contribution >= 0.6 is 22.9 Å². The highest BCUT2D eigenvalue weighted by Crippen LogP contribution is 2.20. The number of aromatic nitrogens is 3. The summed E-state index contributed by atoms with van der Waals surface area (Å²) in [6, 6.07) is 0. The van der Waals surface area contributed by atoms with Gasteiger partial charge in [-0.25, -0.2) is 9.97 Å². The van der Waals surface area contributed by atoms with E-state index < -0.39 is 0 Å². The highest BCUT2D eigenvalue weighted by Gasteiger charge is 2.06. The molecule has 2 aromatic rings. The average molecular weight is 202 g/mol. The van der Waals surface area contributed by atoms with E-state index >= 15 is 0 Å². The second-order valence-electron chi connectivity index (χ2n) is 2.27. The molecule has 0 amide bonds. The lowest BCUT2D eigenvalue weighted by atomic mass is 10.5. The first kappa shape index (κ1) is 7.70. The van der Waals surface area contributed by atoms with Gasteiger partial charge in [0.1, 0.15) is 5.82 Å². The minimum Gasteiger partial charge on any atom is -0.309 e. The lowest BCUT2D eigenvalue weighted by Crippen LogP contribution is -2.08. The summed E-state index contributed by atoms with van der Waals surface area (Å²) in [5, 5.41) is 0. The number of fused-ring (bicyclic) bond motifs is 1. The molecule has 4 nitrogen and oxygen atoms in total. The highest BCUT2D eigenvalue weighted by molar-refractivity contribution is 7.21. The topological polar surface area (TPSA) is 58.6 Å². The number of aryl methyl sites for hydroxylation is 1. The number of halogens is 1. The SMILES string of the molecule is Cc1nc2sc(Cl)nc2c(=O)[nH]1. The molecule has 0 unspecified atom stereocenters. The molecule has 0 aromatic carbocycles. The van der Waals surface area contributed by atoms with Gasteiger partial charge in [0.2, 0.25) is 0 Å². The van der Waals surface area contributed by atoms with Crippen molar-refractivity contribution in [2.24, 2.45) is 0 Å². The molecule has 2 rings (SSSR count). The molecule has 0 saturated heterocycles. The fraction of sp³-hybridized carbons (Fsp3) is 0.167. The molecule has 0 bridgehead atoms.